The number of thiophene rings is 1. The number of hydrogen-bond donors (Lipinski definition) is 0. The van der Waals surface area contributed by atoms with Crippen LogP contribution in [0.15, 0.2) is 42.7 Å². The second kappa shape index (κ2) is 6.75. The van der Waals surface area contributed by atoms with Gasteiger partial charge < -0.3 is 4.74 Å². The van der Waals surface area contributed by atoms with Gasteiger partial charge in [-0.3, -0.25) is 4.98 Å². The van der Waals surface area contributed by atoms with E-state index in [9.17, 15) is 4.79 Å². The summed E-state index contributed by atoms with van der Waals surface area (Å²) in [6.45, 7) is 4.28. The Kier molecular flexibility index (Phi) is 4.53. The molecule has 4 heteroatoms. The Morgan fingerprint density at radius 2 is 2.17 bits per heavy atom. The molecule has 3 aromatic rings. The Labute approximate surface area is 139 Å². The van der Waals surface area contributed by atoms with E-state index in [2.05, 4.69) is 24.1 Å². The van der Waals surface area contributed by atoms with Crippen molar-refractivity contribution in [3.05, 3.63) is 64.3 Å². The van der Waals surface area contributed by atoms with E-state index < -0.39 is 0 Å². The molecule has 0 fully saturated rings. The zero-order valence-corrected chi connectivity index (χ0v) is 13.9. The Balaban J connectivity index is 1.95. The molecule has 0 saturated carbocycles. The molecule has 0 aliphatic heterocycles. The summed E-state index contributed by atoms with van der Waals surface area (Å²) in [6, 6.07) is 9.67. The first-order valence-electron chi connectivity index (χ1n) is 7.47. The number of benzene rings is 1. The summed E-state index contributed by atoms with van der Waals surface area (Å²) in [7, 11) is 0. The number of carbonyl (C=O) groups is 1. The molecular weight excluding hydrogens is 306 g/mol. The summed E-state index contributed by atoms with van der Waals surface area (Å²) in [6.07, 6.45) is 7.75. The second-order valence-corrected chi connectivity index (χ2v) is 6.23. The molecular formula is C19H17NO2S. The van der Waals surface area contributed by atoms with Crippen molar-refractivity contribution in [2.45, 2.75) is 13.8 Å². The van der Waals surface area contributed by atoms with E-state index in [1.54, 1.807) is 17.5 Å². The summed E-state index contributed by atoms with van der Waals surface area (Å²) in [5.41, 5.74) is 2.84. The number of esters is 1. The largest absolute Gasteiger partial charge is 0.462 e. The van der Waals surface area contributed by atoms with Crippen LogP contribution in [-0.4, -0.2) is 17.6 Å². The molecule has 2 heterocycles. The van der Waals surface area contributed by atoms with E-state index in [4.69, 9.17) is 4.74 Å². The van der Waals surface area contributed by atoms with Gasteiger partial charge in [0.15, 0.2) is 0 Å². The van der Waals surface area contributed by atoms with Gasteiger partial charge in [-0.05, 0) is 60.7 Å². The first-order chi connectivity index (χ1) is 11.2. The molecule has 0 saturated heterocycles. The molecule has 23 heavy (non-hydrogen) atoms. The number of fused-ring (bicyclic) bond motifs is 1. The first kappa shape index (κ1) is 15.4. The maximum absolute atomic E-state index is 11.9. The summed E-state index contributed by atoms with van der Waals surface area (Å²) >= 11 is 1.72. The fourth-order valence-electron chi connectivity index (χ4n) is 2.39. The highest BCUT2D eigenvalue weighted by atomic mass is 32.1. The molecule has 0 atom stereocenters. The molecule has 0 spiro atoms. The zero-order chi connectivity index (χ0) is 16.2. The topological polar surface area (TPSA) is 39.2 Å². The van der Waals surface area contributed by atoms with Crippen LogP contribution in [0.2, 0.25) is 0 Å². The summed E-state index contributed by atoms with van der Waals surface area (Å²) in [4.78, 5) is 17.2. The SMILES string of the molecule is CCOC(=O)c1ccc2sc(/C=C/c3cccnc3)c(C)c2c1. The third-order valence-electron chi connectivity index (χ3n) is 3.60. The van der Waals surface area contributed by atoms with Crippen LogP contribution in [0.1, 0.15) is 33.3 Å². The molecule has 0 bridgehead atoms. The second-order valence-electron chi connectivity index (χ2n) is 5.14. The normalized spacial score (nSPS) is 11.2. The minimum Gasteiger partial charge on any atom is -0.462 e. The summed E-state index contributed by atoms with van der Waals surface area (Å²) in [5, 5.41) is 1.10. The standard InChI is InChI=1S/C19H17NO2S/c1-3-22-19(21)15-7-9-18-16(11-15)13(2)17(23-18)8-6-14-5-4-10-20-12-14/h4-12H,3H2,1-2H3/b8-6+. The van der Waals surface area contributed by atoms with Crippen molar-refractivity contribution in [1.82, 2.24) is 4.98 Å². The van der Waals surface area contributed by atoms with Gasteiger partial charge >= 0.3 is 5.97 Å². The van der Waals surface area contributed by atoms with Gasteiger partial charge in [0, 0.05) is 22.0 Å². The van der Waals surface area contributed by atoms with E-state index >= 15 is 0 Å². The van der Waals surface area contributed by atoms with Gasteiger partial charge in [-0.15, -0.1) is 11.3 Å². The molecule has 1 aromatic carbocycles. The van der Waals surface area contributed by atoms with Gasteiger partial charge in [0.1, 0.15) is 0 Å². The lowest BCUT2D eigenvalue weighted by atomic mass is 10.1. The lowest BCUT2D eigenvalue weighted by Gasteiger charge is -2.01. The van der Waals surface area contributed by atoms with Crippen molar-refractivity contribution < 1.29 is 9.53 Å². The van der Waals surface area contributed by atoms with Crippen molar-refractivity contribution in [3.63, 3.8) is 0 Å². The molecule has 0 unspecified atom stereocenters. The molecule has 0 radical (unpaired) electrons. The Bertz CT molecular complexity index is 866. The quantitative estimate of drug-likeness (QED) is 0.638. The molecule has 0 amide bonds. The average molecular weight is 323 g/mol. The van der Waals surface area contributed by atoms with Gasteiger partial charge in [0.25, 0.3) is 0 Å². The van der Waals surface area contributed by atoms with Crippen LogP contribution in [0.3, 0.4) is 0 Å². The molecule has 116 valence electrons. The van der Waals surface area contributed by atoms with E-state index in [1.165, 1.54) is 15.1 Å². The van der Waals surface area contributed by atoms with Crippen molar-refractivity contribution in [2.24, 2.45) is 0 Å². The fourth-order valence-corrected chi connectivity index (χ4v) is 3.48. The van der Waals surface area contributed by atoms with Gasteiger partial charge in [-0.1, -0.05) is 12.1 Å². The smallest absolute Gasteiger partial charge is 0.338 e. The van der Waals surface area contributed by atoms with E-state index in [-0.39, 0.29) is 5.97 Å². The number of rotatable bonds is 4. The van der Waals surface area contributed by atoms with Crippen molar-refractivity contribution in [2.75, 3.05) is 6.61 Å². The highest BCUT2D eigenvalue weighted by molar-refractivity contribution is 7.20. The van der Waals surface area contributed by atoms with Crippen LogP contribution in [0.25, 0.3) is 22.2 Å². The number of aromatic nitrogens is 1. The number of nitrogens with zero attached hydrogens (tertiary/aromatic N) is 1. The van der Waals surface area contributed by atoms with E-state index in [1.807, 2.05) is 43.5 Å². The first-order valence-corrected chi connectivity index (χ1v) is 8.29. The van der Waals surface area contributed by atoms with Crippen LogP contribution in [0.4, 0.5) is 0 Å². The lowest BCUT2D eigenvalue weighted by Crippen LogP contribution is -2.03. The molecule has 0 N–H and O–H groups in total. The van der Waals surface area contributed by atoms with Crippen LogP contribution >= 0.6 is 11.3 Å². The molecule has 0 aliphatic rings. The average Bonchev–Trinajstić information content (AvgIpc) is 2.90. The van der Waals surface area contributed by atoms with Gasteiger partial charge in [0.2, 0.25) is 0 Å². The van der Waals surface area contributed by atoms with Crippen molar-refractivity contribution in [3.8, 4) is 0 Å². The fraction of sp³-hybridized carbons (Fsp3) is 0.158. The van der Waals surface area contributed by atoms with Gasteiger partial charge in [0.05, 0.1) is 12.2 Å². The summed E-state index contributed by atoms with van der Waals surface area (Å²) < 4.78 is 6.24. The predicted octanol–water partition coefficient (Wildman–Crippen LogP) is 4.95. The van der Waals surface area contributed by atoms with Gasteiger partial charge in [-0.25, -0.2) is 4.79 Å². The van der Waals surface area contributed by atoms with Crippen LogP contribution in [0, 0.1) is 6.92 Å². The minimum atomic E-state index is -0.271. The summed E-state index contributed by atoms with van der Waals surface area (Å²) in [5.74, 6) is -0.271. The molecule has 3 rings (SSSR count). The maximum Gasteiger partial charge on any atom is 0.338 e. The van der Waals surface area contributed by atoms with E-state index in [0.29, 0.717) is 12.2 Å². The van der Waals surface area contributed by atoms with Gasteiger partial charge in [-0.2, -0.15) is 0 Å². The van der Waals surface area contributed by atoms with Crippen LogP contribution in [-0.2, 0) is 4.74 Å². The minimum absolute atomic E-state index is 0.271. The number of pyridine rings is 1. The molecule has 3 nitrogen and oxygen atoms in total. The predicted molar refractivity (Wildman–Crippen MR) is 95.7 cm³/mol. The number of carbonyl (C=O) groups excluding carboxylic acids is 1. The third kappa shape index (κ3) is 3.32. The monoisotopic (exact) mass is 323 g/mol. The number of aryl methyl sites for hydroxylation is 1. The van der Waals surface area contributed by atoms with E-state index in [0.717, 1.165) is 10.9 Å². The maximum atomic E-state index is 11.9. The van der Waals surface area contributed by atoms with Crippen molar-refractivity contribution in [1.29, 1.82) is 0 Å². The molecule has 0 aliphatic carbocycles. The highest BCUT2D eigenvalue weighted by Gasteiger charge is 2.11. The molecule has 2 aromatic heterocycles. The van der Waals surface area contributed by atoms with Crippen LogP contribution in [0.5, 0.6) is 0 Å². The zero-order valence-electron chi connectivity index (χ0n) is 13.1. The Morgan fingerprint density at radius 1 is 1.30 bits per heavy atom. The lowest BCUT2D eigenvalue weighted by molar-refractivity contribution is 0.0526. The number of ether oxygens (including phenoxy) is 1. The Hall–Kier alpha value is -2.46. The van der Waals surface area contributed by atoms with Crippen LogP contribution < -0.4 is 0 Å². The highest BCUT2D eigenvalue weighted by Crippen LogP contribution is 2.33. The number of hydrogen-bond acceptors (Lipinski definition) is 4. The third-order valence-corrected chi connectivity index (χ3v) is 4.83. The Morgan fingerprint density at radius 3 is 2.91 bits per heavy atom. The van der Waals surface area contributed by atoms with Crippen molar-refractivity contribution >= 4 is 39.5 Å².